The second-order valence-electron chi connectivity index (χ2n) is 7.73. The van der Waals surface area contributed by atoms with E-state index in [9.17, 15) is 0 Å². The molecule has 0 radical (unpaired) electrons. The van der Waals surface area contributed by atoms with Gasteiger partial charge in [-0.3, -0.25) is 4.99 Å². The second-order valence-corrected chi connectivity index (χ2v) is 7.73. The monoisotopic (exact) mass is 374 g/mol. The van der Waals surface area contributed by atoms with E-state index in [1.807, 2.05) is 7.05 Å². The first-order valence-corrected chi connectivity index (χ1v) is 10.4. The molecule has 1 fully saturated rings. The summed E-state index contributed by atoms with van der Waals surface area (Å²) in [6, 6.07) is 10.6. The third-order valence-electron chi connectivity index (χ3n) is 5.58. The molecule has 152 valence electrons. The normalized spacial score (nSPS) is 16.7. The molecule has 0 bridgehead atoms. The maximum absolute atomic E-state index is 5.61. The number of aliphatic imine (C=N–C) groups is 1. The van der Waals surface area contributed by atoms with Gasteiger partial charge in [0.15, 0.2) is 5.96 Å². The molecule has 1 aromatic rings. The Balaban J connectivity index is 1.70. The smallest absolute Gasteiger partial charge is 0.191 e. The molecule has 5 heteroatoms. The van der Waals surface area contributed by atoms with E-state index < -0.39 is 0 Å². The van der Waals surface area contributed by atoms with Crippen molar-refractivity contribution in [2.45, 2.75) is 45.6 Å². The number of hydrogen-bond acceptors (Lipinski definition) is 3. The number of ether oxygens (including phenoxy) is 1. The molecule has 0 saturated heterocycles. The van der Waals surface area contributed by atoms with Crippen LogP contribution in [0.15, 0.2) is 35.3 Å². The fourth-order valence-corrected chi connectivity index (χ4v) is 3.90. The van der Waals surface area contributed by atoms with E-state index in [0.29, 0.717) is 5.41 Å². The van der Waals surface area contributed by atoms with Gasteiger partial charge >= 0.3 is 0 Å². The Labute approximate surface area is 165 Å². The Bertz CT molecular complexity index is 541. The van der Waals surface area contributed by atoms with E-state index in [0.717, 1.165) is 51.8 Å². The number of guanidine groups is 1. The predicted octanol–water partition coefficient (Wildman–Crippen LogP) is 3.27. The molecule has 27 heavy (non-hydrogen) atoms. The lowest BCUT2D eigenvalue weighted by Crippen LogP contribution is -2.45. The lowest BCUT2D eigenvalue weighted by atomic mass is 9.83. The van der Waals surface area contributed by atoms with Gasteiger partial charge in [0.1, 0.15) is 0 Å². The summed E-state index contributed by atoms with van der Waals surface area (Å²) in [6.07, 6.45) is 6.41. The second kappa shape index (κ2) is 12.0. The maximum atomic E-state index is 5.61. The highest BCUT2D eigenvalue weighted by Crippen LogP contribution is 2.40. The van der Waals surface area contributed by atoms with E-state index >= 15 is 0 Å². The average Bonchev–Trinajstić information content (AvgIpc) is 3.14. The Morgan fingerprint density at radius 3 is 2.59 bits per heavy atom. The van der Waals surface area contributed by atoms with Gasteiger partial charge in [-0.2, -0.15) is 0 Å². The Kier molecular flexibility index (Phi) is 9.64. The van der Waals surface area contributed by atoms with Crippen molar-refractivity contribution >= 4 is 5.96 Å². The van der Waals surface area contributed by atoms with Crippen LogP contribution in [0.5, 0.6) is 0 Å². The highest BCUT2D eigenvalue weighted by atomic mass is 16.5. The topological polar surface area (TPSA) is 48.9 Å². The molecule has 1 aliphatic rings. The van der Waals surface area contributed by atoms with Crippen molar-refractivity contribution in [3.63, 3.8) is 0 Å². The van der Waals surface area contributed by atoms with Gasteiger partial charge in [-0.25, -0.2) is 0 Å². The first kappa shape index (κ1) is 21.7. The van der Waals surface area contributed by atoms with Crippen molar-refractivity contribution < 1.29 is 4.74 Å². The van der Waals surface area contributed by atoms with Crippen LogP contribution in [0.2, 0.25) is 0 Å². The molecule has 0 heterocycles. The molecule has 5 nitrogen and oxygen atoms in total. The van der Waals surface area contributed by atoms with Gasteiger partial charge < -0.3 is 20.3 Å². The number of rotatable bonds is 11. The van der Waals surface area contributed by atoms with Crippen LogP contribution in [0.1, 0.15) is 44.6 Å². The minimum Gasteiger partial charge on any atom is -0.382 e. The van der Waals surface area contributed by atoms with Gasteiger partial charge in [-0.1, -0.05) is 43.2 Å². The molecule has 0 atom stereocenters. The summed E-state index contributed by atoms with van der Waals surface area (Å²) < 4.78 is 5.61. The van der Waals surface area contributed by atoms with Gasteiger partial charge in [0.25, 0.3) is 0 Å². The molecule has 0 aliphatic heterocycles. The van der Waals surface area contributed by atoms with Gasteiger partial charge in [0, 0.05) is 46.4 Å². The standard InChI is InChI=1S/C22H38N4O/c1-4-27-17-14-22(12-8-9-13-22)19-25-21(23-2)24-15-16-26(3)18-20-10-6-5-7-11-20/h5-7,10-11H,4,8-9,12-19H2,1-3H3,(H2,23,24,25). The summed E-state index contributed by atoms with van der Waals surface area (Å²) in [6.45, 7) is 7.56. The summed E-state index contributed by atoms with van der Waals surface area (Å²) in [5.41, 5.74) is 1.72. The molecule has 2 rings (SSSR count). The van der Waals surface area contributed by atoms with Gasteiger partial charge in [0.2, 0.25) is 0 Å². The Morgan fingerprint density at radius 1 is 1.19 bits per heavy atom. The molecule has 0 unspecified atom stereocenters. The minimum absolute atomic E-state index is 0.372. The number of nitrogens with zero attached hydrogens (tertiary/aromatic N) is 2. The number of nitrogens with one attached hydrogen (secondary N) is 2. The van der Waals surface area contributed by atoms with E-state index in [1.165, 1.54) is 31.2 Å². The lowest BCUT2D eigenvalue weighted by Gasteiger charge is -2.30. The van der Waals surface area contributed by atoms with Gasteiger partial charge in [-0.15, -0.1) is 0 Å². The van der Waals surface area contributed by atoms with Crippen molar-refractivity contribution in [3.05, 3.63) is 35.9 Å². The van der Waals surface area contributed by atoms with Crippen LogP contribution in [-0.4, -0.2) is 57.8 Å². The van der Waals surface area contributed by atoms with Crippen LogP contribution < -0.4 is 10.6 Å². The van der Waals surface area contributed by atoms with Gasteiger partial charge in [-0.05, 0) is 44.2 Å². The SMILES string of the molecule is CCOCCC1(CNC(=NC)NCCN(C)Cc2ccccc2)CCCC1. The fraction of sp³-hybridized carbons (Fsp3) is 0.682. The molecule has 0 amide bonds. The molecule has 1 saturated carbocycles. The van der Waals surface area contributed by atoms with E-state index in [1.54, 1.807) is 0 Å². The molecule has 1 aromatic carbocycles. The molecular formula is C22H38N4O. The Hall–Kier alpha value is -1.59. The van der Waals surface area contributed by atoms with Gasteiger partial charge in [0.05, 0.1) is 0 Å². The zero-order valence-corrected chi connectivity index (χ0v) is 17.5. The van der Waals surface area contributed by atoms with Crippen LogP contribution in [0, 0.1) is 5.41 Å². The summed E-state index contributed by atoms with van der Waals surface area (Å²) in [7, 11) is 4.01. The fourth-order valence-electron chi connectivity index (χ4n) is 3.90. The van der Waals surface area contributed by atoms with Crippen molar-refractivity contribution in [1.82, 2.24) is 15.5 Å². The van der Waals surface area contributed by atoms with Crippen LogP contribution in [0.25, 0.3) is 0 Å². The average molecular weight is 375 g/mol. The van der Waals surface area contributed by atoms with Crippen molar-refractivity contribution in [2.75, 3.05) is 46.9 Å². The zero-order chi connectivity index (χ0) is 19.4. The Morgan fingerprint density at radius 2 is 1.93 bits per heavy atom. The third-order valence-corrected chi connectivity index (χ3v) is 5.58. The summed E-state index contributed by atoms with van der Waals surface area (Å²) in [5, 5.41) is 7.03. The van der Waals surface area contributed by atoms with Crippen LogP contribution in [0.3, 0.4) is 0 Å². The van der Waals surface area contributed by atoms with Crippen molar-refractivity contribution in [2.24, 2.45) is 10.4 Å². The zero-order valence-electron chi connectivity index (χ0n) is 17.5. The quantitative estimate of drug-likeness (QED) is 0.355. The lowest BCUT2D eigenvalue weighted by molar-refractivity contribution is 0.105. The van der Waals surface area contributed by atoms with Crippen molar-refractivity contribution in [3.8, 4) is 0 Å². The molecule has 0 aromatic heterocycles. The third kappa shape index (κ3) is 7.89. The number of likely N-dealkylation sites (N-methyl/N-ethyl adjacent to an activating group) is 1. The van der Waals surface area contributed by atoms with Crippen LogP contribution in [-0.2, 0) is 11.3 Å². The van der Waals surface area contributed by atoms with Crippen molar-refractivity contribution in [1.29, 1.82) is 0 Å². The van der Waals surface area contributed by atoms with Crippen LogP contribution in [0.4, 0.5) is 0 Å². The van der Waals surface area contributed by atoms with E-state index in [2.05, 4.69) is 64.8 Å². The first-order valence-electron chi connectivity index (χ1n) is 10.4. The van der Waals surface area contributed by atoms with E-state index in [-0.39, 0.29) is 0 Å². The molecule has 1 aliphatic carbocycles. The largest absolute Gasteiger partial charge is 0.382 e. The maximum Gasteiger partial charge on any atom is 0.191 e. The molecular weight excluding hydrogens is 336 g/mol. The number of hydrogen-bond donors (Lipinski definition) is 2. The number of benzene rings is 1. The summed E-state index contributed by atoms with van der Waals surface area (Å²) >= 11 is 0. The highest BCUT2D eigenvalue weighted by Gasteiger charge is 2.33. The predicted molar refractivity (Wildman–Crippen MR) is 114 cm³/mol. The summed E-state index contributed by atoms with van der Waals surface area (Å²) in [5.74, 6) is 0.908. The molecule has 2 N–H and O–H groups in total. The molecule has 0 spiro atoms. The highest BCUT2D eigenvalue weighted by molar-refractivity contribution is 5.79. The van der Waals surface area contributed by atoms with Crippen LogP contribution >= 0.6 is 0 Å². The minimum atomic E-state index is 0.372. The van der Waals surface area contributed by atoms with E-state index in [4.69, 9.17) is 4.74 Å². The first-order chi connectivity index (χ1) is 13.2. The summed E-state index contributed by atoms with van der Waals surface area (Å²) in [4.78, 5) is 6.73.